The fraction of sp³-hybridized carbons (Fsp3) is 0.909. The number of rotatable bonds is 4. The molecular formula is C11H22N2O2. The van der Waals surface area contributed by atoms with E-state index in [4.69, 9.17) is 10.8 Å². The predicted octanol–water partition coefficient (Wildman–Crippen LogP) is 1.94. The summed E-state index contributed by atoms with van der Waals surface area (Å²) < 4.78 is 0. The van der Waals surface area contributed by atoms with Crippen LogP contribution in [-0.2, 0) is 0 Å². The summed E-state index contributed by atoms with van der Waals surface area (Å²) in [6, 6.07) is 0. The van der Waals surface area contributed by atoms with Crippen molar-refractivity contribution in [1.29, 1.82) is 0 Å². The first kappa shape index (κ1) is 12.3. The highest BCUT2D eigenvalue weighted by molar-refractivity contribution is 5.64. The Morgan fingerprint density at radius 2 is 2.07 bits per heavy atom. The molecule has 15 heavy (non-hydrogen) atoms. The second kappa shape index (κ2) is 5.35. The molecule has 0 spiro atoms. The Hall–Kier alpha value is -0.770. The normalized spacial score (nSPS) is 22.0. The summed E-state index contributed by atoms with van der Waals surface area (Å²) in [4.78, 5) is 10.4. The van der Waals surface area contributed by atoms with Gasteiger partial charge in [0.05, 0.1) is 0 Å². The molecule has 1 aliphatic rings. The van der Waals surface area contributed by atoms with Crippen LogP contribution in [0.5, 0.6) is 0 Å². The molecule has 4 N–H and O–H groups in total. The first-order valence-electron chi connectivity index (χ1n) is 5.75. The molecule has 4 nitrogen and oxygen atoms in total. The SMILES string of the molecule is CC(N)(CNC(=O)O)CC1CCCCC1. The van der Waals surface area contributed by atoms with Gasteiger partial charge in [0.25, 0.3) is 0 Å². The number of carboxylic acid groups (broad SMARTS) is 1. The van der Waals surface area contributed by atoms with Gasteiger partial charge in [-0.05, 0) is 19.3 Å². The van der Waals surface area contributed by atoms with Crippen molar-refractivity contribution < 1.29 is 9.90 Å². The van der Waals surface area contributed by atoms with Crippen LogP contribution in [0.3, 0.4) is 0 Å². The van der Waals surface area contributed by atoms with Gasteiger partial charge in [-0.25, -0.2) is 4.79 Å². The first-order chi connectivity index (χ1) is 6.99. The summed E-state index contributed by atoms with van der Waals surface area (Å²) >= 11 is 0. The van der Waals surface area contributed by atoms with Crippen LogP contribution < -0.4 is 11.1 Å². The largest absolute Gasteiger partial charge is 0.465 e. The van der Waals surface area contributed by atoms with Gasteiger partial charge in [-0.3, -0.25) is 0 Å². The fourth-order valence-electron chi connectivity index (χ4n) is 2.40. The standard InChI is InChI=1S/C11H22N2O2/c1-11(12,8-13-10(14)15)7-9-5-3-2-4-6-9/h9,13H,2-8,12H2,1H3,(H,14,15). The maximum Gasteiger partial charge on any atom is 0.404 e. The van der Waals surface area contributed by atoms with E-state index in [-0.39, 0.29) is 0 Å². The van der Waals surface area contributed by atoms with Crippen LogP contribution in [0.4, 0.5) is 4.79 Å². The average Bonchev–Trinajstić information content (AvgIpc) is 2.16. The Labute approximate surface area is 91.2 Å². The fourth-order valence-corrected chi connectivity index (χ4v) is 2.40. The summed E-state index contributed by atoms with van der Waals surface area (Å²) in [7, 11) is 0. The molecule has 0 aromatic rings. The molecule has 0 bridgehead atoms. The van der Waals surface area contributed by atoms with Gasteiger partial charge in [0, 0.05) is 12.1 Å². The zero-order chi connectivity index (χ0) is 11.3. The molecule has 1 rings (SSSR count). The van der Waals surface area contributed by atoms with Gasteiger partial charge < -0.3 is 16.2 Å². The zero-order valence-electron chi connectivity index (χ0n) is 9.46. The maximum absolute atomic E-state index is 10.4. The number of amides is 1. The van der Waals surface area contributed by atoms with Gasteiger partial charge in [0.1, 0.15) is 0 Å². The number of nitrogens with one attached hydrogen (secondary N) is 1. The minimum atomic E-state index is -0.990. The van der Waals surface area contributed by atoms with Crippen LogP contribution in [0.15, 0.2) is 0 Å². The smallest absolute Gasteiger partial charge is 0.404 e. The molecule has 4 heteroatoms. The average molecular weight is 214 g/mol. The van der Waals surface area contributed by atoms with E-state index in [0.29, 0.717) is 12.5 Å². The number of hydrogen-bond donors (Lipinski definition) is 3. The summed E-state index contributed by atoms with van der Waals surface area (Å²) in [5.41, 5.74) is 5.67. The van der Waals surface area contributed by atoms with Crippen LogP contribution in [0.2, 0.25) is 0 Å². The monoisotopic (exact) mass is 214 g/mol. The minimum Gasteiger partial charge on any atom is -0.465 e. The molecule has 0 aromatic carbocycles. The highest BCUT2D eigenvalue weighted by Crippen LogP contribution is 2.29. The van der Waals surface area contributed by atoms with Crippen molar-refractivity contribution in [3.8, 4) is 0 Å². The molecule has 0 aromatic heterocycles. The van der Waals surface area contributed by atoms with E-state index in [0.717, 1.165) is 6.42 Å². The van der Waals surface area contributed by atoms with Crippen molar-refractivity contribution in [3.05, 3.63) is 0 Å². The van der Waals surface area contributed by atoms with Gasteiger partial charge >= 0.3 is 6.09 Å². The van der Waals surface area contributed by atoms with Crippen molar-refractivity contribution in [3.63, 3.8) is 0 Å². The van der Waals surface area contributed by atoms with Crippen molar-refractivity contribution >= 4 is 6.09 Å². The second-order valence-electron chi connectivity index (χ2n) is 5.02. The third-order valence-electron chi connectivity index (χ3n) is 3.12. The van der Waals surface area contributed by atoms with E-state index in [2.05, 4.69) is 5.32 Å². The molecular weight excluding hydrogens is 192 g/mol. The van der Waals surface area contributed by atoms with Crippen LogP contribution in [0.1, 0.15) is 45.4 Å². The van der Waals surface area contributed by atoms with Gasteiger partial charge in [-0.2, -0.15) is 0 Å². The van der Waals surface area contributed by atoms with Gasteiger partial charge in [0.2, 0.25) is 0 Å². The molecule has 0 heterocycles. The van der Waals surface area contributed by atoms with E-state index in [1.54, 1.807) is 0 Å². The summed E-state index contributed by atoms with van der Waals surface area (Å²) in [6.07, 6.45) is 6.37. The lowest BCUT2D eigenvalue weighted by atomic mass is 9.80. The highest BCUT2D eigenvalue weighted by Gasteiger charge is 2.25. The topological polar surface area (TPSA) is 75.3 Å². The van der Waals surface area contributed by atoms with E-state index in [1.807, 2.05) is 6.92 Å². The van der Waals surface area contributed by atoms with E-state index >= 15 is 0 Å². The highest BCUT2D eigenvalue weighted by atomic mass is 16.4. The van der Waals surface area contributed by atoms with Crippen LogP contribution in [0, 0.1) is 5.92 Å². The van der Waals surface area contributed by atoms with Gasteiger partial charge in [-0.15, -0.1) is 0 Å². The Morgan fingerprint density at radius 3 is 2.60 bits per heavy atom. The lowest BCUT2D eigenvalue weighted by Gasteiger charge is -2.31. The summed E-state index contributed by atoms with van der Waals surface area (Å²) in [5.74, 6) is 0.685. The molecule has 1 unspecified atom stereocenters. The zero-order valence-corrected chi connectivity index (χ0v) is 9.46. The Morgan fingerprint density at radius 1 is 1.47 bits per heavy atom. The summed E-state index contributed by atoms with van der Waals surface area (Å²) in [5, 5.41) is 10.9. The molecule has 88 valence electrons. The van der Waals surface area contributed by atoms with Crippen molar-refractivity contribution in [2.24, 2.45) is 11.7 Å². The molecule has 1 saturated carbocycles. The molecule has 1 atom stereocenters. The van der Waals surface area contributed by atoms with Crippen molar-refractivity contribution in [1.82, 2.24) is 5.32 Å². The molecule has 0 saturated heterocycles. The third-order valence-corrected chi connectivity index (χ3v) is 3.12. The number of nitrogens with two attached hydrogens (primary N) is 1. The van der Waals surface area contributed by atoms with E-state index < -0.39 is 11.6 Å². The quantitative estimate of drug-likeness (QED) is 0.669. The minimum absolute atomic E-state index is 0.346. The van der Waals surface area contributed by atoms with E-state index in [9.17, 15) is 4.79 Å². The molecule has 0 aliphatic heterocycles. The molecule has 1 fully saturated rings. The Balaban J connectivity index is 2.29. The second-order valence-corrected chi connectivity index (χ2v) is 5.02. The number of hydrogen-bond acceptors (Lipinski definition) is 2. The third kappa shape index (κ3) is 5.02. The Kier molecular flexibility index (Phi) is 4.39. The van der Waals surface area contributed by atoms with Gasteiger partial charge in [-0.1, -0.05) is 32.1 Å². The maximum atomic E-state index is 10.4. The van der Waals surface area contributed by atoms with Crippen LogP contribution in [0.25, 0.3) is 0 Å². The Bertz CT molecular complexity index is 211. The van der Waals surface area contributed by atoms with E-state index in [1.165, 1.54) is 32.1 Å². The molecule has 1 aliphatic carbocycles. The van der Waals surface area contributed by atoms with Crippen molar-refractivity contribution in [2.75, 3.05) is 6.54 Å². The van der Waals surface area contributed by atoms with Gasteiger partial charge in [0.15, 0.2) is 0 Å². The number of carbonyl (C=O) groups is 1. The van der Waals surface area contributed by atoms with Crippen LogP contribution >= 0.6 is 0 Å². The molecule has 1 amide bonds. The predicted molar refractivity (Wildman–Crippen MR) is 59.8 cm³/mol. The first-order valence-corrected chi connectivity index (χ1v) is 5.75. The van der Waals surface area contributed by atoms with Crippen molar-refractivity contribution in [2.45, 2.75) is 51.0 Å². The lowest BCUT2D eigenvalue weighted by Crippen LogP contribution is -2.48. The lowest BCUT2D eigenvalue weighted by molar-refractivity contribution is 0.188. The molecule has 0 radical (unpaired) electrons. The van der Waals surface area contributed by atoms with Crippen LogP contribution in [-0.4, -0.2) is 23.3 Å². The summed E-state index contributed by atoms with van der Waals surface area (Å²) in [6.45, 7) is 2.27.